The molecule has 2 aromatic carbocycles. The van der Waals surface area contributed by atoms with Gasteiger partial charge in [-0.1, -0.05) is 30.3 Å². The maximum atomic E-state index is 12.1. The molecule has 3 N–H and O–H groups in total. The molecule has 0 saturated heterocycles. The van der Waals surface area contributed by atoms with Gasteiger partial charge in [0.15, 0.2) is 11.5 Å². The molecule has 0 spiro atoms. The first kappa shape index (κ1) is 17.4. The molecule has 7 nitrogen and oxygen atoms in total. The topological polar surface area (TPSA) is 96.9 Å². The van der Waals surface area contributed by atoms with Crippen molar-refractivity contribution in [2.24, 2.45) is 0 Å². The van der Waals surface area contributed by atoms with Crippen molar-refractivity contribution in [3.63, 3.8) is 0 Å². The number of carbonyl (C=O) groups is 2. The summed E-state index contributed by atoms with van der Waals surface area (Å²) in [6.07, 6.45) is 1.27. The monoisotopic (exact) mass is 368 g/mol. The van der Waals surface area contributed by atoms with Crippen LogP contribution in [0.2, 0.25) is 0 Å². The van der Waals surface area contributed by atoms with Crippen molar-refractivity contribution in [3.8, 4) is 11.5 Å². The van der Waals surface area contributed by atoms with E-state index in [9.17, 15) is 14.7 Å². The molecule has 0 aromatic heterocycles. The van der Waals surface area contributed by atoms with Gasteiger partial charge < -0.3 is 25.2 Å². The number of ether oxygens (including phenoxy) is 2. The van der Waals surface area contributed by atoms with Gasteiger partial charge in [0.05, 0.1) is 6.54 Å². The van der Waals surface area contributed by atoms with Crippen LogP contribution in [0.3, 0.4) is 0 Å². The zero-order chi connectivity index (χ0) is 18.9. The highest BCUT2D eigenvalue weighted by Crippen LogP contribution is 2.36. The molecule has 2 amide bonds. The zero-order valence-electron chi connectivity index (χ0n) is 14.7. The van der Waals surface area contributed by atoms with E-state index in [1.807, 2.05) is 24.3 Å². The van der Waals surface area contributed by atoms with Crippen LogP contribution < -0.4 is 20.1 Å². The summed E-state index contributed by atoms with van der Waals surface area (Å²) in [5.41, 5.74) is 1.54. The third-order valence-corrected chi connectivity index (χ3v) is 4.96. The molecule has 4 rings (SSSR count). The number of nitrogens with one attached hydrogen (secondary N) is 2. The molecule has 27 heavy (non-hydrogen) atoms. The number of aliphatic hydroxyl groups is 1. The molecular weight excluding hydrogens is 348 g/mol. The van der Waals surface area contributed by atoms with E-state index < -0.39 is 17.4 Å². The predicted octanol–water partition coefficient (Wildman–Crippen LogP) is 0.982. The van der Waals surface area contributed by atoms with Crippen LogP contribution in [0.25, 0.3) is 0 Å². The average Bonchev–Trinajstić information content (AvgIpc) is 3.29. The van der Waals surface area contributed by atoms with Crippen molar-refractivity contribution in [1.29, 1.82) is 0 Å². The van der Waals surface area contributed by atoms with Crippen molar-refractivity contribution in [2.45, 2.75) is 25.0 Å². The number of carbonyl (C=O) groups excluding carboxylic acids is 2. The maximum Gasteiger partial charge on any atom is 0.309 e. The molecule has 0 saturated carbocycles. The van der Waals surface area contributed by atoms with Crippen LogP contribution in [0, 0.1) is 0 Å². The van der Waals surface area contributed by atoms with Crippen molar-refractivity contribution in [2.75, 3.05) is 13.3 Å². The summed E-state index contributed by atoms with van der Waals surface area (Å²) in [5, 5.41) is 15.9. The lowest BCUT2D eigenvalue weighted by atomic mass is 9.96. The molecule has 2 aromatic rings. The molecule has 1 heterocycles. The lowest BCUT2D eigenvalue weighted by Crippen LogP contribution is -2.45. The van der Waals surface area contributed by atoms with Gasteiger partial charge in [-0.25, -0.2) is 0 Å². The van der Waals surface area contributed by atoms with Crippen LogP contribution in [-0.4, -0.2) is 30.3 Å². The normalized spacial score (nSPS) is 19.4. The molecular formula is C20H20N2O5. The smallest absolute Gasteiger partial charge is 0.309 e. The third-order valence-electron chi connectivity index (χ3n) is 4.96. The van der Waals surface area contributed by atoms with Crippen LogP contribution in [0.1, 0.15) is 23.1 Å². The first-order chi connectivity index (χ1) is 13.0. The fourth-order valence-corrected chi connectivity index (χ4v) is 3.47. The summed E-state index contributed by atoms with van der Waals surface area (Å²) in [7, 11) is 0. The van der Waals surface area contributed by atoms with Gasteiger partial charge in [0.2, 0.25) is 6.79 Å². The Kier molecular flexibility index (Phi) is 4.45. The number of amides is 2. The number of rotatable bonds is 4. The van der Waals surface area contributed by atoms with Gasteiger partial charge in [-0.2, -0.15) is 0 Å². The maximum absolute atomic E-state index is 12.1. The van der Waals surface area contributed by atoms with E-state index in [-0.39, 0.29) is 19.9 Å². The second kappa shape index (κ2) is 6.92. The van der Waals surface area contributed by atoms with E-state index in [1.54, 1.807) is 18.2 Å². The Bertz CT molecular complexity index is 898. The standard InChI is InChI=1S/C20H20N2O5/c23-18(21-10-13-5-6-16-17(9-13)27-12-26-16)19(24)22-11-20(25)8-7-14-3-1-2-4-15(14)20/h1-6,9,25H,7-8,10-12H2,(H,21,23)(H,22,24). The van der Waals surface area contributed by atoms with Crippen molar-refractivity contribution in [1.82, 2.24) is 10.6 Å². The highest BCUT2D eigenvalue weighted by molar-refractivity contribution is 6.35. The molecule has 0 radical (unpaired) electrons. The highest BCUT2D eigenvalue weighted by Gasteiger charge is 2.37. The summed E-state index contributed by atoms with van der Waals surface area (Å²) in [5.74, 6) is -0.239. The number of hydrogen-bond acceptors (Lipinski definition) is 5. The van der Waals surface area contributed by atoms with Gasteiger partial charge in [-0.3, -0.25) is 9.59 Å². The Morgan fingerprint density at radius 3 is 2.70 bits per heavy atom. The van der Waals surface area contributed by atoms with Crippen molar-refractivity contribution >= 4 is 11.8 Å². The van der Waals surface area contributed by atoms with Crippen LogP contribution in [0.15, 0.2) is 42.5 Å². The summed E-state index contributed by atoms with van der Waals surface area (Å²) in [6.45, 7) is 0.371. The predicted molar refractivity (Wildman–Crippen MR) is 96.1 cm³/mol. The minimum Gasteiger partial charge on any atom is -0.454 e. The summed E-state index contributed by atoms with van der Waals surface area (Å²) < 4.78 is 10.5. The van der Waals surface area contributed by atoms with Gasteiger partial charge in [-0.05, 0) is 41.7 Å². The molecule has 2 aliphatic rings. The quantitative estimate of drug-likeness (QED) is 0.699. The van der Waals surface area contributed by atoms with Crippen LogP contribution in [0.4, 0.5) is 0 Å². The molecule has 1 unspecified atom stereocenters. The number of hydrogen-bond donors (Lipinski definition) is 3. The first-order valence-electron chi connectivity index (χ1n) is 8.80. The molecule has 1 atom stereocenters. The Labute approximate surface area is 156 Å². The number of benzene rings is 2. The summed E-state index contributed by atoms with van der Waals surface area (Å²) in [4.78, 5) is 24.1. The van der Waals surface area contributed by atoms with Crippen LogP contribution in [-0.2, 0) is 28.2 Å². The fourth-order valence-electron chi connectivity index (χ4n) is 3.47. The third kappa shape index (κ3) is 3.46. The molecule has 140 valence electrons. The largest absolute Gasteiger partial charge is 0.454 e. The Balaban J connectivity index is 1.30. The second-order valence-electron chi connectivity index (χ2n) is 6.74. The van der Waals surface area contributed by atoms with Gasteiger partial charge in [0.25, 0.3) is 0 Å². The van der Waals surface area contributed by atoms with E-state index in [1.165, 1.54) is 0 Å². The molecule has 1 aliphatic heterocycles. The average molecular weight is 368 g/mol. The van der Waals surface area contributed by atoms with E-state index in [4.69, 9.17) is 9.47 Å². The van der Waals surface area contributed by atoms with Crippen molar-refractivity contribution < 1.29 is 24.2 Å². The van der Waals surface area contributed by atoms with E-state index in [2.05, 4.69) is 10.6 Å². The van der Waals surface area contributed by atoms with E-state index >= 15 is 0 Å². The molecule has 0 bridgehead atoms. The fraction of sp³-hybridized carbons (Fsp3) is 0.300. The van der Waals surface area contributed by atoms with Gasteiger partial charge >= 0.3 is 11.8 Å². The summed E-state index contributed by atoms with van der Waals surface area (Å²) >= 11 is 0. The molecule has 7 heteroatoms. The van der Waals surface area contributed by atoms with Gasteiger partial charge in [0.1, 0.15) is 5.60 Å². The number of aryl methyl sites for hydroxylation is 1. The van der Waals surface area contributed by atoms with Gasteiger partial charge in [0, 0.05) is 6.54 Å². The minimum absolute atomic E-state index is 0.000288. The first-order valence-corrected chi connectivity index (χ1v) is 8.80. The lowest BCUT2D eigenvalue weighted by Gasteiger charge is -2.24. The van der Waals surface area contributed by atoms with E-state index in [0.717, 1.165) is 23.1 Å². The van der Waals surface area contributed by atoms with E-state index in [0.29, 0.717) is 17.9 Å². The second-order valence-corrected chi connectivity index (χ2v) is 6.74. The Morgan fingerprint density at radius 1 is 1.04 bits per heavy atom. The van der Waals surface area contributed by atoms with Crippen LogP contribution >= 0.6 is 0 Å². The van der Waals surface area contributed by atoms with Gasteiger partial charge in [-0.15, -0.1) is 0 Å². The van der Waals surface area contributed by atoms with Crippen LogP contribution in [0.5, 0.6) is 11.5 Å². The summed E-state index contributed by atoms with van der Waals surface area (Å²) in [6, 6.07) is 12.9. The highest BCUT2D eigenvalue weighted by atomic mass is 16.7. The Morgan fingerprint density at radius 2 is 1.81 bits per heavy atom. The molecule has 1 aliphatic carbocycles. The minimum atomic E-state index is -1.14. The van der Waals surface area contributed by atoms with Crippen molar-refractivity contribution in [3.05, 3.63) is 59.2 Å². The lowest BCUT2D eigenvalue weighted by molar-refractivity contribution is -0.140. The SMILES string of the molecule is O=C(NCc1ccc2c(c1)OCO2)C(=O)NCC1(O)CCc2ccccc21. The Hall–Kier alpha value is -3.06. The molecule has 0 fully saturated rings. The zero-order valence-corrected chi connectivity index (χ0v) is 14.7. The number of fused-ring (bicyclic) bond motifs is 2.